The highest BCUT2D eigenvalue weighted by atomic mass is 32.2. The van der Waals surface area contributed by atoms with Crippen molar-refractivity contribution in [2.24, 2.45) is 0 Å². The van der Waals surface area contributed by atoms with E-state index >= 15 is 0 Å². The molecule has 0 aliphatic rings. The van der Waals surface area contributed by atoms with Crippen LogP contribution in [0.4, 0.5) is 10.1 Å². The molecule has 0 aliphatic heterocycles. The lowest BCUT2D eigenvalue weighted by Crippen LogP contribution is -2.23. The lowest BCUT2D eigenvalue weighted by molar-refractivity contribution is 0.102. The quantitative estimate of drug-likeness (QED) is 0.547. The number of phenolic OH excluding ortho intramolecular Hbond substituents is 1. The molecule has 0 atom stereocenters. The summed E-state index contributed by atoms with van der Waals surface area (Å²) in [5.41, 5.74) is -0.358. The van der Waals surface area contributed by atoms with Crippen LogP contribution in [0.5, 0.6) is 5.75 Å². The number of anilines is 1. The molecule has 0 unspecified atom stereocenters. The predicted octanol–water partition coefficient (Wildman–Crippen LogP) is 3.32. The predicted molar refractivity (Wildman–Crippen MR) is 101 cm³/mol. The number of nitrogens with one attached hydrogen (secondary N) is 2. The number of thiophene rings is 1. The smallest absolute Gasteiger partial charge is 0.255 e. The summed E-state index contributed by atoms with van der Waals surface area (Å²) in [5.74, 6) is -1.97. The Hall–Kier alpha value is -2.75. The standard InChI is InChI=1S/C18H15FN2O4S2/c19-15-7-2-8-16(22)17(15)21-18(23)12-4-1-6-14(10-12)27(24,25)20-11-13-5-3-9-26-13/h1-10,20,22H,11H2,(H,21,23). The lowest BCUT2D eigenvalue weighted by atomic mass is 10.2. The summed E-state index contributed by atoms with van der Waals surface area (Å²) in [6.45, 7) is 0.138. The highest BCUT2D eigenvalue weighted by Gasteiger charge is 2.18. The van der Waals surface area contributed by atoms with E-state index in [1.54, 1.807) is 6.07 Å². The molecule has 1 heterocycles. The maximum atomic E-state index is 13.8. The van der Waals surface area contributed by atoms with Gasteiger partial charge in [0.05, 0.1) is 4.90 Å². The molecule has 0 radical (unpaired) electrons. The molecule has 3 N–H and O–H groups in total. The fraction of sp³-hybridized carbons (Fsp3) is 0.0556. The second-order valence-electron chi connectivity index (χ2n) is 5.52. The van der Waals surface area contributed by atoms with E-state index in [0.29, 0.717) is 0 Å². The number of hydrogen-bond acceptors (Lipinski definition) is 5. The highest BCUT2D eigenvalue weighted by Crippen LogP contribution is 2.26. The van der Waals surface area contributed by atoms with Gasteiger partial charge in [-0.25, -0.2) is 17.5 Å². The van der Waals surface area contributed by atoms with Crippen LogP contribution in [0.15, 0.2) is 64.9 Å². The van der Waals surface area contributed by atoms with Gasteiger partial charge in [-0.2, -0.15) is 0 Å². The van der Waals surface area contributed by atoms with Crippen LogP contribution in [-0.4, -0.2) is 19.4 Å². The van der Waals surface area contributed by atoms with Gasteiger partial charge in [0.25, 0.3) is 5.91 Å². The van der Waals surface area contributed by atoms with Crippen molar-refractivity contribution >= 4 is 33.0 Å². The largest absolute Gasteiger partial charge is 0.506 e. The number of carbonyl (C=O) groups is 1. The number of phenols is 1. The monoisotopic (exact) mass is 406 g/mol. The molecular formula is C18H15FN2O4S2. The van der Waals surface area contributed by atoms with Crippen molar-refractivity contribution in [3.8, 4) is 5.75 Å². The molecule has 140 valence electrons. The third-order valence-corrected chi connectivity index (χ3v) is 5.93. The van der Waals surface area contributed by atoms with E-state index in [9.17, 15) is 22.7 Å². The fourth-order valence-corrected chi connectivity index (χ4v) is 4.08. The molecule has 9 heteroatoms. The van der Waals surface area contributed by atoms with Crippen LogP contribution in [0.2, 0.25) is 0 Å². The summed E-state index contributed by atoms with van der Waals surface area (Å²) >= 11 is 1.42. The Kier molecular flexibility index (Phi) is 5.54. The maximum Gasteiger partial charge on any atom is 0.255 e. The van der Waals surface area contributed by atoms with E-state index in [1.807, 2.05) is 11.4 Å². The third-order valence-electron chi connectivity index (χ3n) is 3.65. The number of hydrogen-bond donors (Lipinski definition) is 3. The van der Waals surface area contributed by atoms with Crippen molar-refractivity contribution < 1.29 is 22.7 Å². The molecule has 3 aromatic rings. The Morgan fingerprint density at radius 2 is 1.89 bits per heavy atom. The highest BCUT2D eigenvalue weighted by molar-refractivity contribution is 7.89. The zero-order valence-corrected chi connectivity index (χ0v) is 15.5. The van der Waals surface area contributed by atoms with Crippen molar-refractivity contribution in [1.82, 2.24) is 4.72 Å². The number of benzene rings is 2. The number of sulfonamides is 1. The van der Waals surface area contributed by atoms with Crippen LogP contribution < -0.4 is 10.0 Å². The maximum absolute atomic E-state index is 13.8. The summed E-state index contributed by atoms with van der Waals surface area (Å²) in [6, 6.07) is 12.6. The van der Waals surface area contributed by atoms with Gasteiger partial charge in [-0.1, -0.05) is 18.2 Å². The number of carbonyl (C=O) groups excluding carboxylic acids is 1. The Balaban J connectivity index is 1.79. The van der Waals surface area contributed by atoms with Crippen molar-refractivity contribution in [2.75, 3.05) is 5.32 Å². The summed E-state index contributed by atoms with van der Waals surface area (Å²) in [7, 11) is -3.83. The first kappa shape index (κ1) is 19.0. The summed E-state index contributed by atoms with van der Waals surface area (Å²) in [6.07, 6.45) is 0. The summed E-state index contributed by atoms with van der Waals surface area (Å²) in [4.78, 5) is 13.1. The molecular weight excluding hydrogens is 391 g/mol. The van der Waals surface area contributed by atoms with Crippen molar-refractivity contribution in [2.45, 2.75) is 11.4 Å². The van der Waals surface area contributed by atoms with Gasteiger partial charge in [0.1, 0.15) is 11.4 Å². The second kappa shape index (κ2) is 7.87. The summed E-state index contributed by atoms with van der Waals surface area (Å²) < 4.78 is 41.1. The Morgan fingerprint density at radius 3 is 2.59 bits per heavy atom. The molecule has 1 amide bonds. The zero-order chi connectivity index (χ0) is 19.4. The molecule has 0 fully saturated rings. The lowest BCUT2D eigenvalue weighted by Gasteiger charge is -2.10. The Labute approximate surface area is 159 Å². The van der Waals surface area contributed by atoms with Crippen LogP contribution in [0.1, 0.15) is 15.2 Å². The van der Waals surface area contributed by atoms with Gasteiger partial charge >= 0.3 is 0 Å². The van der Waals surface area contributed by atoms with Crippen LogP contribution in [-0.2, 0) is 16.6 Å². The molecule has 0 saturated heterocycles. The Morgan fingerprint density at radius 1 is 1.11 bits per heavy atom. The van der Waals surface area contributed by atoms with E-state index < -0.39 is 27.5 Å². The van der Waals surface area contributed by atoms with E-state index in [-0.39, 0.29) is 22.7 Å². The molecule has 0 bridgehead atoms. The van der Waals surface area contributed by atoms with Gasteiger partial charge in [-0.3, -0.25) is 4.79 Å². The van der Waals surface area contributed by atoms with E-state index in [4.69, 9.17) is 0 Å². The first-order valence-electron chi connectivity index (χ1n) is 7.78. The molecule has 0 spiro atoms. The van der Waals surface area contributed by atoms with Gasteiger partial charge in [-0.05, 0) is 41.8 Å². The van der Waals surface area contributed by atoms with Crippen molar-refractivity contribution in [3.05, 3.63) is 76.2 Å². The van der Waals surface area contributed by atoms with E-state index in [0.717, 1.165) is 10.9 Å². The summed E-state index contributed by atoms with van der Waals surface area (Å²) in [5, 5.41) is 13.8. The minimum atomic E-state index is -3.83. The molecule has 2 aromatic carbocycles. The van der Waals surface area contributed by atoms with E-state index in [1.165, 1.54) is 47.7 Å². The minimum absolute atomic E-state index is 0.0108. The van der Waals surface area contributed by atoms with Gasteiger partial charge < -0.3 is 10.4 Å². The average Bonchev–Trinajstić information content (AvgIpc) is 3.17. The number of rotatable bonds is 6. The first-order valence-corrected chi connectivity index (χ1v) is 10.1. The van der Waals surface area contributed by atoms with Crippen molar-refractivity contribution in [1.29, 1.82) is 0 Å². The average molecular weight is 406 g/mol. The zero-order valence-electron chi connectivity index (χ0n) is 13.8. The molecule has 27 heavy (non-hydrogen) atoms. The number of halogens is 1. The van der Waals surface area contributed by atoms with Gasteiger partial charge in [0, 0.05) is 17.0 Å². The molecule has 0 aliphatic carbocycles. The van der Waals surface area contributed by atoms with Gasteiger partial charge in [0.15, 0.2) is 5.82 Å². The molecule has 6 nitrogen and oxygen atoms in total. The van der Waals surface area contributed by atoms with Crippen LogP contribution >= 0.6 is 11.3 Å². The number of para-hydroxylation sites is 1. The molecule has 3 rings (SSSR count). The molecule has 0 saturated carbocycles. The molecule has 1 aromatic heterocycles. The fourth-order valence-electron chi connectivity index (χ4n) is 2.29. The second-order valence-corrected chi connectivity index (χ2v) is 8.32. The van der Waals surface area contributed by atoms with E-state index in [2.05, 4.69) is 10.0 Å². The van der Waals surface area contributed by atoms with Crippen LogP contribution in [0.3, 0.4) is 0 Å². The van der Waals surface area contributed by atoms with Crippen LogP contribution in [0.25, 0.3) is 0 Å². The van der Waals surface area contributed by atoms with Gasteiger partial charge in [0.2, 0.25) is 10.0 Å². The first-order chi connectivity index (χ1) is 12.9. The van der Waals surface area contributed by atoms with Crippen molar-refractivity contribution in [3.63, 3.8) is 0 Å². The van der Waals surface area contributed by atoms with Gasteiger partial charge in [-0.15, -0.1) is 11.3 Å². The topological polar surface area (TPSA) is 95.5 Å². The number of aromatic hydroxyl groups is 1. The Bertz CT molecular complexity index is 1050. The third kappa shape index (κ3) is 4.51. The van der Waals surface area contributed by atoms with Crippen LogP contribution in [0, 0.1) is 5.82 Å². The normalized spacial score (nSPS) is 11.3. The number of amides is 1. The SMILES string of the molecule is O=C(Nc1c(O)cccc1F)c1cccc(S(=O)(=O)NCc2cccs2)c1. The minimum Gasteiger partial charge on any atom is -0.506 e.